The Balaban J connectivity index is 1.52. The molecule has 0 saturated carbocycles. The van der Waals surface area contributed by atoms with E-state index in [1.165, 1.54) is 23.3 Å². The molecule has 0 aliphatic carbocycles. The molecule has 0 aromatic heterocycles. The van der Waals surface area contributed by atoms with Gasteiger partial charge in [-0.1, -0.05) is 42.0 Å². The van der Waals surface area contributed by atoms with Gasteiger partial charge in [0.25, 0.3) is 15.9 Å². The molecule has 0 bridgehead atoms. The lowest BCUT2D eigenvalue weighted by molar-refractivity contribution is -0.121. The third-order valence-electron chi connectivity index (χ3n) is 4.28. The number of benzene rings is 2. The zero-order chi connectivity index (χ0) is 18.7. The first-order chi connectivity index (χ1) is 12.4. The van der Waals surface area contributed by atoms with E-state index in [9.17, 15) is 18.0 Å². The van der Waals surface area contributed by atoms with Crippen molar-refractivity contribution in [3.05, 3.63) is 65.2 Å². The van der Waals surface area contributed by atoms with E-state index in [2.05, 4.69) is 5.32 Å². The molecule has 2 aromatic carbocycles. The summed E-state index contributed by atoms with van der Waals surface area (Å²) in [7, 11) is -3.95. The number of nitrogens with one attached hydrogen (secondary N) is 1. The number of carbonyl (C=O) groups excluding carboxylic acids is 2. The van der Waals surface area contributed by atoms with Crippen LogP contribution in [-0.4, -0.2) is 37.6 Å². The summed E-state index contributed by atoms with van der Waals surface area (Å²) in [4.78, 5) is 24.3. The second kappa shape index (κ2) is 7.29. The van der Waals surface area contributed by atoms with Crippen molar-refractivity contribution in [3.8, 4) is 0 Å². The quantitative estimate of drug-likeness (QED) is 0.785. The van der Waals surface area contributed by atoms with E-state index in [1.807, 2.05) is 31.2 Å². The van der Waals surface area contributed by atoms with Gasteiger partial charge < -0.3 is 5.32 Å². The maximum atomic E-state index is 12.4. The molecule has 2 aromatic rings. The van der Waals surface area contributed by atoms with Gasteiger partial charge in [-0.3, -0.25) is 9.59 Å². The highest BCUT2D eigenvalue weighted by Gasteiger charge is 2.41. The molecule has 26 heavy (non-hydrogen) atoms. The summed E-state index contributed by atoms with van der Waals surface area (Å²) in [5.74, 6) is -1.14. The first-order valence-corrected chi connectivity index (χ1v) is 9.82. The number of rotatable bonds is 6. The Labute approximate surface area is 152 Å². The van der Waals surface area contributed by atoms with Gasteiger partial charge in [0, 0.05) is 6.54 Å². The topological polar surface area (TPSA) is 83.6 Å². The average molecular weight is 372 g/mol. The zero-order valence-electron chi connectivity index (χ0n) is 14.4. The molecule has 6 nitrogen and oxygen atoms in total. The Bertz CT molecular complexity index is 936. The first-order valence-electron chi connectivity index (χ1n) is 8.38. The molecule has 1 N–H and O–H groups in total. The van der Waals surface area contributed by atoms with E-state index in [0.717, 1.165) is 12.8 Å². The summed E-state index contributed by atoms with van der Waals surface area (Å²) in [6.07, 6.45) is 1.54. The van der Waals surface area contributed by atoms with E-state index < -0.39 is 28.4 Å². The van der Waals surface area contributed by atoms with Crippen LogP contribution in [0.2, 0.25) is 0 Å². The van der Waals surface area contributed by atoms with E-state index in [0.29, 0.717) is 10.8 Å². The van der Waals surface area contributed by atoms with Crippen LogP contribution < -0.4 is 5.32 Å². The molecule has 2 amide bonds. The summed E-state index contributed by atoms with van der Waals surface area (Å²) >= 11 is 0. The van der Waals surface area contributed by atoms with Gasteiger partial charge in [-0.2, -0.15) is 0 Å². The third-order valence-corrected chi connectivity index (χ3v) is 6.07. The normalized spacial score (nSPS) is 15.0. The van der Waals surface area contributed by atoms with Gasteiger partial charge in [-0.05, 0) is 37.5 Å². The number of hydrogen-bond donors (Lipinski definition) is 1. The van der Waals surface area contributed by atoms with Crippen LogP contribution in [0.15, 0.2) is 53.4 Å². The smallest absolute Gasteiger partial charge is 0.269 e. The Hall–Kier alpha value is -2.67. The summed E-state index contributed by atoms with van der Waals surface area (Å²) in [6.45, 7) is 1.94. The molecule has 0 radical (unpaired) electrons. The number of hydrogen-bond acceptors (Lipinski definition) is 4. The van der Waals surface area contributed by atoms with Crippen LogP contribution in [-0.2, 0) is 21.2 Å². The molecule has 1 aliphatic rings. The molecule has 1 aliphatic heterocycles. The highest BCUT2D eigenvalue weighted by atomic mass is 32.2. The van der Waals surface area contributed by atoms with Gasteiger partial charge in [0.15, 0.2) is 0 Å². The molecule has 0 saturated heterocycles. The fourth-order valence-electron chi connectivity index (χ4n) is 2.85. The van der Waals surface area contributed by atoms with Crippen LogP contribution in [0.3, 0.4) is 0 Å². The Morgan fingerprint density at radius 3 is 2.46 bits per heavy atom. The molecular weight excluding hydrogens is 352 g/mol. The maximum Gasteiger partial charge on any atom is 0.269 e. The lowest BCUT2D eigenvalue weighted by Gasteiger charge is -2.14. The number of nitrogens with zero attached hydrogens (tertiary/aromatic N) is 1. The largest absolute Gasteiger partial charge is 0.355 e. The maximum absolute atomic E-state index is 12.4. The Kier molecular flexibility index (Phi) is 5.08. The molecule has 3 rings (SSSR count). The number of fused-ring (bicyclic) bond motifs is 1. The van der Waals surface area contributed by atoms with Crippen LogP contribution >= 0.6 is 0 Å². The molecular formula is C19H20N2O4S. The lowest BCUT2D eigenvalue weighted by atomic mass is 10.1. The predicted molar refractivity (Wildman–Crippen MR) is 97.2 cm³/mol. The van der Waals surface area contributed by atoms with E-state index in [4.69, 9.17) is 0 Å². The van der Waals surface area contributed by atoms with E-state index >= 15 is 0 Å². The van der Waals surface area contributed by atoms with Gasteiger partial charge in [0.05, 0.1) is 5.56 Å². The molecule has 0 spiro atoms. The number of carbonyl (C=O) groups is 2. The molecule has 0 atom stereocenters. The van der Waals surface area contributed by atoms with E-state index in [1.54, 1.807) is 12.1 Å². The summed E-state index contributed by atoms with van der Waals surface area (Å²) in [6, 6.07) is 14.1. The van der Waals surface area contributed by atoms with Crippen LogP contribution in [0.4, 0.5) is 0 Å². The van der Waals surface area contributed by atoms with Crippen LogP contribution in [0.1, 0.15) is 27.9 Å². The van der Waals surface area contributed by atoms with Crippen molar-refractivity contribution < 1.29 is 18.0 Å². The van der Waals surface area contributed by atoms with Crippen molar-refractivity contribution in [1.82, 2.24) is 9.62 Å². The lowest BCUT2D eigenvalue weighted by Crippen LogP contribution is -2.40. The van der Waals surface area contributed by atoms with Crippen LogP contribution in [0.25, 0.3) is 0 Å². The SMILES string of the molecule is Cc1ccc(CCCNC(=O)CN2C(=O)c3ccccc3S2(=O)=O)cc1. The summed E-state index contributed by atoms with van der Waals surface area (Å²) in [5.41, 5.74) is 2.48. The Morgan fingerprint density at radius 1 is 1.08 bits per heavy atom. The van der Waals surface area contributed by atoms with Gasteiger partial charge in [-0.25, -0.2) is 12.7 Å². The second-order valence-corrected chi connectivity index (χ2v) is 8.08. The summed E-state index contributed by atoms with van der Waals surface area (Å²) < 4.78 is 25.4. The van der Waals surface area contributed by atoms with E-state index in [-0.39, 0.29) is 10.5 Å². The number of aryl methyl sites for hydroxylation is 2. The highest BCUT2D eigenvalue weighted by molar-refractivity contribution is 7.90. The zero-order valence-corrected chi connectivity index (χ0v) is 15.3. The average Bonchev–Trinajstić information content (AvgIpc) is 2.81. The third kappa shape index (κ3) is 3.62. The van der Waals surface area contributed by atoms with Crippen LogP contribution in [0.5, 0.6) is 0 Å². The second-order valence-electron chi connectivity index (χ2n) is 6.25. The van der Waals surface area contributed by atoms with Crippen molar-refractivity contribution >= 4 is 21.8 Å². The molecule has 7 heteroatoms. The molecule has 0 fully saturated rings. The minimum absolute atomic E-state index is 0.0443. The molecule has 0 unspecified atom stereocenters. The van der Waals surface area contributed by atoms with Crippen molar-refractivity contribution in [2.45, 2.75) is 24.7 Å². The standard InChI is InChI=1S/C19H20N2O4S/c1-14-8-10-15(11-9-14)5-4-12-20-18(22)13-21-19(23)16-6-2-3-7-17(16)26(21,24)25/h2-3,6-11H,4-5,12-13H2,1H3,(H,20,22). The van der Waals surface area contributed by atoms with Crippen molar-refractivity contribution in [1.29, 1.82) is 0 Å². The molecule has 1 heterocycles. The van der Waals surface area contributed by atoms with Crippen molar-refractivity contribution in [3.63, 3.8) is 0 Å². The fourth-order valence-corrected chi connectivity index (χ4v) is 4.37. The monoisotopic (exact) mass is 372 g/mol. The highest BCUT2D eigenvalue weighted by Crippen LogP contribution is 2.29. The number of amides is 2. The minimum atomic E-state index is -3.95. The summed E-state index contributed by atoms with van der Waals surface area (Å²) in [5, 5.41) is 2.68. The van der Waals surface area contributed by atoms with Crippen molar-refractivity contribution in [2.75, 3.05) is 13.1 Å². The van der Waals surface area contributed by atoms with Gasteiger partial charge >= 0.3 is 0 Å². The molecule has 136 valence electrons. The van der Waals surface area contributed by atoms with Gasteiger partial charge in [0.1, 0.15) is 11.4 Å². The predicted octanol–water partition coefficient (Wildman–Crippen LogP) is 1.89. The first kappa shape index (κ1) is 18.1. The minimum Gasteiger partial charge on any atom is -0.355 e. The fraction of sp³-hybridized carbons (Fsp3) is 0.263. The van der Waals surface area contributed by atoms with Crippen molar-refractivity contribution in [2.24, 2.45) is 0 Å². The van der Waals surface area contributed by atoms with Gasteiger partial charge in [-0.15, -0.1) is 0 Å². The van der Waals surface area contributed by atoms with Crippen LogP contribution in [0, 0.1) is 6.92 Å². The van der Waals surface area contributed by atoms with Gasteiger partial charge in [0.2, 0.25) is 5.91 Å². The number of sulfonamides is 1. The Morgan fingerprint density at radius 2 is 1.77 bits per heavy atom.